The molecular weight excluding hydrogens is 304 g/mol. The predicted molar refractivity (Wildman–Crippen MR) is 92.3 cm³/mol. The smallest absolute Gasteiger partial charge is 0.233 e. The molecule has 3 atom stereocenters. The van der Waals surface area contributed by atoms with Crippen molar-refractivity contribution in [2.45, 2.75) is 59.5 Å². The van der Waals surface area contributed by atoms with Crippen molar-refractivity contribution < 1.29 is 9.59 Å². The highest BCUT2D eigenvalue weighted by Crippen LogP contribution is 2.25. The number of carbonyl (C=O) groups is 2. The molecule has 132 valence electrons. The number of rotatable bonds is 2. The highest BCUT2D eigenvalue weighted by molar-refractivity contribution is 5.84. The Balaban J connectivity index is 2.13. The maximum absolute atomic E-state index is 12.9. The highest BCUT2D eigenvalue weighted by Gasteiger charge is 2.39. The van der Waals surface area contributed by atoms with Gasteiger partial charge >= 0.3 is 0 Å². The molecule has 1 aliphatic heterocycles. The number of carbonyl (C=O) groups excluding carboxylic acids is 2. The lowest BCUT2D eigenvalue weighted by Gasteiger charge is -2.46. The van der Waals surface area contributed by atoms with Crippen LogP contribution in [-0.2, 0) is 9.59 Å². The molecule has 3 unspecified atom stereocenters. The van der Waals surface area contributed by atoms with Crippen LogP contribution in [0.4, 0.5) is 0 Å². The van der Waals surface area contributed by atoms with Crippen LogP contribution in [0.15, 0.2) is 18.5 Å². The largest absolute Gasteiger partial charge is 0.338 e. The van der Waals surface area contributed by atoms with Gasteiger partial charge < -0.3 is 9.80 Å². The Kier molecular flexibility index (Phi) is 5.26. The summed E-state index contributed by atoms with van der Waals surface area (Å²) >= 11 is 0. The zero-order valence-electron chi connectivity index (χ0n) is 15.5. The van der Waals surface area contributed by atoms with Gasteiger partial charge in [0, 0.05) is 43.0 Å². The van der Waals surface area contributed by atoms with Crippen LogP contribution in [-0.4, -0.2) is 56.8 Å². The van der Waals surface area contributed by atoms with E-state index in [0.717, 1.165) is 0 Å². The second-order valence-corrected chi connectivity index (χ2v) is 7.73. The second-order valence-electron chi connectivity index (χ2n) is 7.73. The van der Waals surface area contributed by atoms with Crippen LogP contribution in [0.2, 0.25) is 0 Å². The maximum Gasteiger partial charge on any atom is 0.233 e. The first-order valence-electron chi connectivity index (χ1n) is 8.51. The fraction of sp³-hybridized carbons (Fsp3) is 0.667. The number of hydrogen-bond acceptors (Lipinski definition) is 4. The molecular formula is C18H28N4O2. The van der Waals surface area contributed by atoms with Gasteiger partial charge in [-0.1, -0.05) is 20.8 Å². The van der Waals surface area contributed by atoms with Crippen LogP contribution >= 0.6 is 0 Å². The van der Waals surface area contributed by atoms with Gasteiger partial charge in [0.2, 0.25) is 11.8 Å². The van der Waals surface area contributed by atoms with Gasteiger partial charge in [-0.2, -0.15) is 0 Å². The van der Waals surface area contributed by atoms with Crippen LogP contribution in [0.3, 0.4) is 0 Å². The third-order valence-electron chi connectivity index (χ3n) is 4.45. The van der Waals surface area contributed by atoms with Crippen molar-refractivity contribution in [3.8, 4) is 0 Å². The van der Waals surface area contributed by atoms with Crippen molar-refractivity contribution in [2.75, 3.05) is 13.1 Å². The van der Waals surface area contributed by atoms with Gasteiger partial charge in [-0.25, -0.2) is 9.97 Å². The first kappa shape index (κ1) is 18.4. The lowest BCUT2D eigenvalue weighted by Crippen LogP contribution is -2.61. The molecule has 1 aliphatic rings. The molecule has 24 heavy (non-hydrogen) atoms. The molecule has 0 spiro atoms. The fourth-order valence-corrected chi connectivity index (χ4v) is 3.27. The molecule has 0 aliphatic carbocycles. The first-order chi connectivity index (χ1) is 11.1. The van der Waals surface area contributed by atoms with E-state index in [1.807, 2.05) is 51.3 Å². The van der Waals surface area contributed by atoms with Crippen molar-refractivity contribution in [3.63, 3.8) is 0 Å². The highest BCUT2D eigenvalue weighted by atomic mass is 16.2. The topological polar surface area (TPSA) is 66.4 Å². The summed E-state index contributed by atoms with van der Waals surface area (Å²) in [6.45, 7) is 12.7. The monoisotopic (exact) mass is 332 g/mol. The summed E-state index contributed by atoms with van der Waals surface area (Å²) in [6.07, 6.45) is 3.30. The van der Waals surface area contributed by atoms with Crippen molar-refractivity contribution in [3.05, 3.63) is 24.3 Å². The van der Waals surface area contributed by atoms with Gasteiger partial charge in [0.25, 0.3) is 0 Å². The quantitative estimate of drug-likeness (QED) is 0.831. The van der Waals surface area contributed by atoms with Gasteiger partial charge in [0.05, 0.1) is 5.92 Å². The molecule has 6 heteroatoms. The normalized spacial score (nSPS) is 23.1. The minimum Gasteiger partial charge on any atom is -0.338 e. The van der Waals surface area contributed by atoms with Crippen molar-refractivity contribution in [2.24, 2.45) is 5.41 Å². The van der Waals surface area contributed by atoms with Crippen LogP contribution in [0, 0.1) is 5.41 Å². The lowest BCUT2D eigenvalue weighted by atomic mass is 9.93. The van der Waals surface area contributed by atoms with Gasteiger partial charge in [0.15, 0.2) is 0 Å². The molecule has 2 amide bonds. The third kappa shape index (κ3) is 3.74. The van der Waals surface area contributed by atoms with E-state index in [4.69, 9.17) is 0 Å². The summed E-state index contributed by atoms with van der Waals surface area (Å²) in [5.41, 5.74) is -0.406. The Hall–Kier alpha value is -1.98. The Bertz CT molecular complexity index is 585. The Labute approximate surface area is 144 Å². The molecule has 1 aromatic heterocycles. The molecule has 6 nitrogen and oxygen atoms in total. The average molecular weight is 332 g/mol. The summed E-state index contributed by atoms with van der Waals surface area (Å²) in [6, 6.07) is 1.68. The maximum atomic E-state index is 12.9. The van der Waals surface area contributed by atoms with Crippen molar-refractivity contribution in [1.29, 1.82) is 0 Å². The Morgan fingerprint density at radius 2 is 1.62 bits per heavy atom. The van der Waals surface area contributed by atoms with E-state index in [1.54, 1.807) is 18.5 Å². The van der Waals surface area contributed by atoms with E-state index in [-0.39, 0.29) is 29.8 Å². The minimum atomic E-state index is -0.406. The van der Waals surface area contributed by atoms with E-state index in [1.165, 1.54) is 0 Å². The summed E-state index contributed by atoms with van der Waals surface area (Å²) in [5.74, 6) is 0.299. The van der Waals surface area contributed by atoms with Gasteiger partial charge in [-0.3, -0.25) is 9.59 Å². The molecule has 0 N–H and O–H groups in total. The van der Waals surface area contributed by atoms with Crippen LogP contribution < -0.4 is 0 Å². The minimum absolute atomic E-state index is 0.0176. The van der Waals surface area contributed by atoms with Crippen LogP contribution in [0.1, 0.15) is 53.3 Å². The molecule has 2 heterocycles. The number of piperazine rings is 1. The van der Waals surface area contributed by atoms with E-state index >= 15 is 0 Å². The van der Waals surface area contributed by atoms with E-state index in [0.29, 0.717) is 18.9 Å². The molecule has 2 rings (SSSR count). The first-order valence-corrected chi connectivity index (χ1v) is 8.51. The van der Waals surface area contributed by atoms with Crippen LogP contribution in [0.5, 0.6) is 0 Å². The summed E-state index contributed by atoms with van der Waals surface area (Å²) in [4.78, 5) is 37.6. The summed E-state index contributed by atoms with van der Waals surface area (Å²) in [7, 11) is 0. The van der Waals surface area contributed by atoms with E-state index < -0.39 is 5.41 Å². The molecule has 0 radical (unpaired) electrons. The average Bonchev–Trinajstić information content (AvgIpc) is 2.52. The zero-order valence-corrected chi connectivity index (χ0v) is 15.5. The number of nitrogens with zero attached hydrogens (tertiary/aromatic N) is 4. The van der Waals surface area contributed by atoms with Crippen molar-refractivity contribution in [1.82, 2.24) is 19.8 Å². The molecule has 1 fully saturated rings. The van der Waals surface area contributed by atoms with Crippen molar-refractivity contribution >= 4 is 11.8 Å². The summed E-state index contributed by atoms with van der Waals surface area (Å²) in [5, 5.41) is 0. The van der Waals surface area contributed by atoms with Gasteiger partial charge in [-0.05, 0) is 26.8 Å². The fourth-order valence-electron chi connectivity index (χ4n) is 3.27. The van der Waals surface area contributed by atoms with Gasteiger partial charge in [0.1, 0.15) is 5.82 Å². The second kappa shape index (κ2) is 6.87. The number of amides is 2. The molecule has 1 aromatic rings. The lowest BCUT2D eigenvalue weighted by molar-refractivity contribution is -0.151. The van der Waals surface area contributed by atoms with Crippen LogP contribution in [0.25, 0.3) is 0 Å². The van der Waals surface area contributed by atoms with E-state index in [9.17, 15) is 9.59 Å². The number of hydrogen-bond donors (Lipinski definition) is 0. The standard InChI is InChI=1S/C18H28N4O2/c1-12-10-21(17(24)18(4,5)6)11-13(2)22(12)16(23)14(3)15-19-8-7-9-20-15/h7-9,12-14H,10-11H2,1-6H3. The predicted octanol–water partition coefficient (Wildman–Crippen LogP) is 2.07. The summed E-state index contributed by atoms with van der Waals surface area (Å²) < 4.78 is 0. The van der Waals surface area contributed by atoms with E-state index in [2.05, 4.69) is 9.97 Å². The molecule has 0 bridgehead atoms. The van der Waals surface area contributed by atoms with Gasteiger partial charge in [-0.15, -0.1) is 0 Å². The SMILES string of the molecule is CC(C(=O)N1C(C)CN(C(=O)C(C)(C)C)CC1C)c1ncccn1. The number of aromatic nitrogens is 2. The molecule has 0 aromatic carbocycles. The third-order valence-corrected chi connectivity index (χ3v) is 4.45. The zero-order chi connectivity index (χ0) is 18.1. The Morgan fingerprint density at radius 1 is 1.12 bits per heavy atom. The molecule has 0 saturated carbocycles. The molecule has 1 saturated heterocycles. The Morgan fingerprint density at radius 3 is 2.08 bits per heavy atom.